The average Bonchev–Trinajstić information content (AvgIpc) is 2.85. The second-order valence-electron chi connectivity index (χ2n) is 5.44. The van der Waals surface area contributed by atoms with Crippen LogP contribution in [0.2, 0.25) is 0 Å². The smallest absolute Gasteiger partial charge is 0.335 e. The number of aryl methyl sites for hydroxylation is 2. The Morgan fingerprint density at radius 3 is 2.46 bits per heavy atom. The number of nitrogens with one attached hydrogen (secondary N) is 1. The van der Waals surface area contributed by atoms with Crippen LogP contribution in [0.25, 0.3) is 6.08 Å². The van der Waals surface area contributed by atoms with Gasteiger partial charge in [-0.1, -0.05) is 12.1 Å². The molecule has 0 radical (unpaired) electrons. The third-order valence-corrected chi connectivity index (χ3v) is 3.86. The van der Waals surface area contributed by atoms with E-state index in [4.69, 9.17) is 5.11 Å². The number of nitrogens with zero attached hydrogens (tertiary/aromatic N) is 2. The van der Waals surface area contributed by atoms with E-state index in [0.29, 0.717) is 6.54 Å². The minimum atomic E-state index is -0.971. The van der Waals surface area contributed by atoms with Crippen LogP contribution in [0.3, 0.4) is 0 Å². The van der Waals surface area contributed by atoms with Crippen LogP contribution >= 0.6 is 0 Å². The molecule has 2 rings (SSSR count). The number of hydrogen-bond acceptors (Lipinski definition) is 3. The van der Waals surface area contributed by atoms with Gasteiger partial charge >= 0.3 is 5.97 Å². The van der Waals surface area contributed by atoms with Crippen molar-refractivity contribution in [1.29, 1.82) is 0 Å². The number of aromatic nitrogens is 2. The number of carbonyl (C=O) groups is 2. The molecule has 1 aromatic carbocycles. The van der Waals surface area contributed by atoms with Gasteiger partial charge in [-0.3, -0.25) is 9.48 Å². The largest absolute Gasteiger partial charge is 0.478 e. The van der Waals surface area contributed by atoms with Crippen molar-refractivity contribution in [2.75, 3.05) is 0 Å². The highest BCUT2D eigenvalue weighted by molar-refractivity contribution is 5.92. The molecule has 126 valence electrons. The number of carbonyl (C=O) groups excluding carboxylic acids is 1. The quantitative estimate of drug-likeness (QED) is 0.799. The number of aromatic carboxylic acids is 1. The highest BCUT2D eigenvalue weighted by atomic mass is 16.4. The Labute approximate surface area is 140 Å². The molecule has 0 aliphatic carbocycles. The second kappa shape index (κ2) is 7.59. The number of carboxylic acid groups (broad SMARTS) is 1. The predicted molar refractivity (Wildman–Crippen MR) is 91.7 cm³/mol. The van der Waals surface area contributed by atoms with Gasteiger partial charge in [-0.2, -0.15) is 5.10 Å². The molecule has 2 N–H and O–H groups in total. The average molecular weight is 327 g/mol. The second-order valence-corrected chi connectivity index (χ2v) is 5.44. The summed E-state index contributed by atoms with van der Waals surface area (Å²) in [5.74, 6) is -1.18. The summed E-state index contributed by atoms with van der Waals surface area (Å²) in [6, 6.07) is 6.33. The van der Waals surface area contributed by atoms with Gasteiger partial charge < -0.3 is 10.4 Å². The summed E-state index contributed by atoms with van der Waals surface area (Å²) in [6.07, 6.45) is 3.08. The first-order valence-electron chi connectivity index (χ1n) is 7.74. The Morgan fingerprint density at radius 1 is 1.25 bits per heavy atom. The summed E-state index contributed by atoms with van der Waals surface area (Å²) >= 11 is 0. The fraction of sp³-hybridized carbons (Fsp3) is 0.278. The molecule has 6 nitrogen and oxygen atoms in total. The molecule has 6 heteroatoms. The predicted octanol–water partition coefficient (Wildman–Crippen LogP) is 2.55. The van der Waals surface area contributed by atoms with E-state index in [0.717, 1.165) is 29.1 Å². The summed E-state index contributed by atoms with van der Waals surface area (Å²) in [4.78, 5) is 22.7. The first-order chi connectivity index (χ1) is 11.4. The molecule has 0 aliphatic rings. The SMILES string of the molecule is CCn1nc(C)c(CNC(=O)/C=C/c2ccc(C(=O)O)cc2)c1C. The van der Waals surface area contributed by atoms with Crippen molar-refractivity contribution < 1.29 is 14.7 Å². The van der Waals surface area contributed by atoms with Crippen molar-refractivity contribution in [2.45, 2.75) is 33.9 Å². The number of hydrogen-bond donors (Lipinski definition) is 2. The van der Waals surface area contributed by atoms with E-state index in [9.17, 15) is 9.59 Å². The van der Waals surface area contributed by atoms with Crippen LogP contribution in [-0.2, 0) is 17.9 Å². The van der Waals surface area contributed by atoms with Crippen molar-refractivity contribution >= 4 is 18.0 Å². The van der Waals surface area contributed by atoms with Crippen molar-refractivity contribution in [3.63, 3.8) is 0 Å². The molecule has 0 unspecified atom stereocenters. The molecule has 0 saturated carbocycles. The zero-order valence-electron chi connectivity index (χ0n) is 14.0. The van der Waals surface area contributed by atoms with Gasteiger partial charge in [-0.25, -0.2) is 4.79 Å². The monoisotopic (exact) mass is 327 g/mol. The molecule has 2 aromatic rings. The van der Waals surface area contributed by atoms with E-state index in [1.165, 1.54) is 18.2 Å². The maximum absolute atomic E-state index is 11.9. The van der Waals surface area contributed by atoms with Gasteiger partial charge in [0.2, 0.25) is 5.91 Å². The van der Waals surface area contributed by atoms with Crippen LogP contribution < -0.4 is 5.32 Å². The van der Waals surface area contributed by atoms with Gasteiger partial charge in [0.1, 0.15) is 0 Å². The Bertz CT molecular complexity index is 774. The molecule has 0 saturated heterocycles. The van der Waals surface area contributed by atoms with Crippen molar-refractivity contribution in [2.24, 2.45) is 0 Å². The molecule has 1 heterocycles. The van der Waals surface area contributed by atoms with E-state index >= 15 is 0 Å². The summed E-state index contributed by atoms with van der Waals surface area (Å²) in [6.45, 7) is 7.18. The number of benzene rings is 1. The Balaban J connectivity index is 1.96. The Hall–Kier alpha value is -2.89. The molecule has 0 spiro atoms. The lowest BCUT2D eigenvalue weighted by molar-refractivity contribution is -0.116. The molecular formula is C18H21N3O3. The summed E-state index contributed by atoms with van der Waals surface area (Å²) in [7, 11) is 0. The molecule has 24 heavy (non-hydrogen) atoms. The summed E-state index contributed by atoms with van der Waals surface area (Å²) < 4.78 is 1.91. The topological polar surface area (TPSA) is 84.2 Å². The highest BCUT2D eigenvalue weighted by Crippen LogP contribution is 2.12. The molecular weight excluding hydrogens is 306 g/mol. The lowest BCUT2D eigenvalue weighted by Gasteiger charge is -2.04. The van der Waals surface area contributed by atoms with Gasteiger partial charge in [0.25, 0.3) is 0 Å². The lowest BCUT2D eigenvalue weighted by Crippen LogP contribution is -2.21. The molecule has 1 aromatic heterocycles. The zero-order valence-corrected chi connectivity index (χ0v) is 14.0. The van der Waals surface area contributed by atoms with E-state index in [-0.39, 0.29) is 11.5 Å². The van der Waals surface area contributed by atoms with Crippen LogP contribution in [0.15, 0.2) is 30.3 Å². The third kappa shape index (κ3) is 4.10. The fourth-order valence-corrected chi connectivity index (χ4v) is 2.44. The first kappa shape index (κ1) is 17.5. The molecule has 0 bridgehead atoms. The van der Waals surface area contributed by atoms with Crippen LogP contribution in [0, 0.1) is 13.8 Å². The van der Waals surface area contributed by atoms with Crippen molar-refractivity contribution in [3.05, 3.63) is 58.4 Å². The van der Waals surface area contributed by atoms with Crippen molar-refractivity contribution in [1.82, 2.24) is 15.1 Å². The number of rotatable bonds is 6. The maximum atomic E-state index is 11.9. The van der Waals surface area contributed by atoms with Crippen LogP contribution in [-0.4, -0.2) is 26.8 Å². The Morgan fingerprint density at radius 2 is 1.92 bits per heavy atom. The molecule has 1 amide bonds. The summed E-state index contributed by atoms with van der Waals surface area (Å²) in [5, 5.41) is 16.1. The van der Waals surface area contributed by atoms with Gasteiger partial charge in [-0.15, -0.1) is 0 Å². The fourth-order valence-electron chi connectivity index (χ4n) is 2.44. The van der Waals surface area contributed by atoms with Gasteiger partial charge in [0, 0.05) is 30.4 Å². The van der Waals surface area contributed by atoms with Crippen LogP contribution in [0.1, 0.15) is 39.8 Å². The first-order valence-corrected chi connectivity index (χ1v) is 7.74. The van der Waals surface area contributed by atoms with Gasteiger partial charge in [-0.05, 0) is 44.5 Å². The minimum absolute atomic E-state index is 0.208. The standard InChI is InChI=1S/C18H21N3O3/c1-4-21-13(3)16(12(2)20-21)11-19-17(22)10-7-14-5-8-15(9-6-14)18(23)24/h5-10H,4,11H2,1-3H3,(H,19,22)(H,23,24)/b10-7+. The van der Waals surface area contributed by atoms with Crippen molar-refractivity contribution in [3.8, 4) is 0 Å². The van der Waals surface area contributed by atoms with Gasteiger partial charge in [0.15, 0.2) is 0 Å². The van der Waals surface area contributed by atoms with Crippen LogP contribution in [0.5, 0.6) is 0 Å². The normalized spacial score (nSPS) is 11.0. The number of carboxylic acids is 1. The molecule has 0 aliphatic heterocycles. The van der Waals surface area contributed by atoms with E-state index < -0.39 is 5.97 Å². The zero-order chi connectivity index (χ0) is 17.7. The lowest BCUT2D eigenvalue weighted by atomic mass is 10.1. The highest BCUT2D eigenvalue weighted by Gasteiger charge is 2.10. The van der Waals surface area contributed by atoms with Gasteiger partial charge in [0.05, 0.1) is 11.3 Å². The Kier molecular flexibility index (Phi) is 5.52. The van der Waals surface area contributed by atoms with E-state index in [1.54, 1.807) is 18.2 Å². The maximum Gasteiger partial charge on any atom is 0.335 e. The molecule has 0 fully saturated rings. The van der Waals surface area contributed by atoms with E-state index in [1.807, 2.05) is 25.5 Å². The minimum Gasteiger partial charge on any atom is -0.478 e. The third-order valence-electron chi connectivity index (χ3n) is 3.86. The number of amides is 1. The molecule has 0 atom stereocenters. The summed E-state index contributed by atoms with van der Waals surface area (Å²) in [5.41, 5.74) is 3.99. The van der Waals surface area contributed by atoms with Crippen LogP contribution in [0.4, 0.5) is 0 Å². The van der Waals surface area contributed by atoms with E-state index in [2.05, 4.69) is 10.4 Å².